The maximum Gasteiger partial charge on any atom is 0.257 e. The summed E-state index contributed by atoms with van der Waals surface area (Å²) in [6.45, 7) is 1.89. The standard InChI is InChI=1S/C12H17N3O2S/c1-8(6-11(13)18)15(2)12(16)9-4-5-14-7-10(9)17-3/h4-5,7-8H,6H2,1-3H3,(H2,13,18). The Hall–Kier alpha value is -1.69. The number of amides is 1. The molecule has 0 radical (unpaired) electrons. The molecule has 1 aromatic heterocycles. The van der Waals surface area contributed by atoms with Crippen LogP contribution in [0.2, 0.25) is 0 Å². The van der Waals surface area contributed by atoms with Crippen LogP contribution in [0.3, 0.4) is 0 Å². The second-order valence-corrected chi connectivity index (χ2v) is 4.54. The second-order valence-electron chi connectivity index (χ2n) is 4.01. The summed E-state index contributed by atoms with van der Waals surface area (Å²) in [5.74, 6) is 0.315. The predicted molar refractivity (Wildman–Crippen MR) is 73.7 cm³/mol. The zero-order valence-electron chi connectivity index (χ0n) is 10.7. The van der Waals surface area contributed by atoms with Gasteiger partial charge in [0, 0.05) is 25.7 Å². The minimum atomic E-state index is -0.141. The number of nitrogens with two attached hydrogens (primary N) is 1. The molecule has 0 bridgehead atoms. The highest BCUT2D eigenvalue weighted by Crippen LogP contribution is 2.18. The highest BCUT2D eigenvalue weighted by atomic mass is 32.1. The van der Waals surface area contributed by atoms with Crippen LogP contribution in [-0.2, 0) is 0 Å². The first-order chi connectivity index (χ1) is 8.47. The van der Waals surface area contributed by atoms with Gasteiger partial charge in [-0.1, -0.05) is 12.2 Å². The Balaban J connectivity index is 2.89. The van der Waals surface area contributed by atoms with E-state index in [2.05, 4.69) is 4.98 Å². The Morgan fingerprint density at radius 3 is 2.89 bits per heavy atom. The molecular formula is C12H17N3O2S. The van der Waals surface area contributed by atoms with E-state index in [9.17, 15) is 4.79 Å². The van der Waals surface area contributed by atoms with Crippen molar-refractivity contribution in [3.05, 3.63) is 24.0 Å². The molecule has 6 heteroatoms. The average molecular weight is 267 g/mol. The summed E-state index contributed by atoms with van der Waals surface area (Å²) in [4.78, 5) is 18.2. The highest BCUT2D eigenvalue weighted by Gasteiger charge is 2.20. The number of carbonyl (C=O) groups is 1. The van der Waals surface area contributed by atoms with Crippen LogP contribution in [0.4, 0.5) is 0 Å². The van der Waals surface area contributed by atoms with Crippen LogP contribution in [0.25, 0.3) is 0 Å². The molecule has 1 amide bonds. The van der Waals surface area contributed by atoms with E-state index in [-0.39, 0.29) is 11.9 Å². The summed E-state index contributed by atoms with van der Waals surface area (Å²) in [6.07, 6.45) is 3.56. The van der Waals surface area contributed by atoms with Gasteiger partial charge >= 0.3 is 0 Å². The first-order valence-corrected chi connectivity index (χ1v) is 5.91. The molecule has 2 N–H and O–H groups in total. The van der Waals surface area contributed by atoms with E-state index in [1.807, 2.05) is 6.92 Å². The molecule has 1 heterocycles. The van der Waals surface area contributed by atoms with E-state index >= 15 is 0 Å². The van der Waals surface area contributed by atoms with Crippen molar-refractivity contribution in [1.29, 1.82) is 0 Å². The molecule has 5 nitrogen and oxygen atoms in total. The van der Waals surface area contributed by atoms with Gasteiger partial charge in [-0.05, 0) is 13.0 Å². The van der Waals surface area contributed by atoms with Gasteiger partial charge in [0.2, 0.25) is 0 Å². The van der Waals surface area contributed by atoms with Gasteiger partial charge < -0.3 is 15.4 Å². The van der Waals surface area contributed by atoms with E-state index < -0.39 is 0 Å². The van der Waals surface area contributed by atoms with Gasteiger partial charge in [-0.2, -0.15) is 0 Å². The van der Waals surface area contributed by atoms with Crippen LogP contribution in [0.1, 0.15) is 23.7 Å². The minimum absolute atomic E-state index is 0.0622. The van der Waals surface area contributed by atoms with Crippen molar-refractivity contribution in [2.75, 3.05) is 14.2 Å². The van der Waals surface area contributed by atoms with E-state index in [4.69, 9.17) is 22.7 Å². The van der Waals surface area contributed by atoms with Crippen molar-refractivity contribution in [3.8, 4) is 5.75 Å². The van der Waals surface area contributed by atoms with Crippen molar-refractivity contribution in [2.24, 2.45) is 5.73 Å². The van der Waals surface area contributed by atoms with Gasteiger partial charge in [-0.3, -0.25) is 9.78 Å². The minimum Gasteiger partial charge on any atom is -0.494 e. The first-order valence-electron chi connectivity index (χ1n) is 5.50. The molecule has 1 atom stereocenters. The van der Waals surface area contributed by atoms with Gasteiger partial charge in [-0.25, -0.2) is 0 Å². The van der Waals surface area contributed by atoms with Crippen LogP contribution in [-0.4, -0.2) is 41.0 Å². The number of pyridine rings is 1. The van der Waals surface area contributed by atoms with Gasteiger partial charge in [0.05, 0.1) is 23.9 Å². The molecule has 1 aromatic rings. The summed E-state index contributed by atoms with van der Waals surface area (Å²) in [6, 6.07) is 1.57. The predicted octanol–water partition coefficient (Wildman–Crippen LogP) is 1.23. The van der Waals surface area contributed by atoms with Crippen molar-refractivity contribution >= 4 is 23.1 Å². The van der Waals surface area contributed by atoms with Crippen LogP contribution in [0.15, 0.2) is 18.5 Å². The molecular weight excluding hydrogens is 250 g/mol. The molecule has 0 aliphatic rings. The maximum absolute atomic E-state index is 12.3. The van der Waals surface area contributed by atoms with Gasteiger partial charge in [-0.15, -0.1) is 0 Å². The Morgan fingerprint density at radius 1 is 1.67 bits per heavy atom. The highest BCUT2D eigenvalue weighted by molar-refractivity contribution is 7.80. The number of methoxy groups -OCH3 is 1. The molecule has 18 heavy (non-hydrogen) atoms. The molecule has 0 saturated carbocycles. The summed E-state index contributed by atoms with van der Waals surface area (Å²) in [5, 5.41) is 0. The fourth-order valence-electron chi connectivity index (χ4n) is 1.54. The van der Waals surface area contributed by atoms with E-state index in [1.54, 1.807) is 24.2 Å². The van der Waals surface area contributed by atoms with Crippen LogP contribution < -0.4 is 10.5 Å². The number of rotatable bonds is 5. The van der Waals surface area contributed by atoms with E-state index in [0.29, 0.717) is 22.7 Å². The topological polar surface area (TPSA) is 68.5 Å². The fourth-order valence-corrected chi connectivity index (χ4v) is 1.78. The lowest BCUT2D eigenvalue weighted by atomic mass is 10.1. The maximum atomic E-state index is 12.3. The Kier molecular flexibility index (Phi) is 5.03. The number of ether oxygens (including phenoxy) is 1. The average Bonchev–Trinajstić information content (AvgIpc) is 2.36. The van der Waals surface area contributed by atoms with Crippen molar-refractivity contribution < 1.29 is 9.53 Å². The molecule has 0 aromatic carbocycles. The molecule has 98 valence electrons. The second kappa shape index (κ2) is 6.30. The molecule has 0 spiro atoms. The Bertz CT molecular complexity index is 451. The van der Waals surface area contributed by atoms with Crippen molar-refractivity contribution in [1.82, 2.24) is 9.88 Å². The van der Waals surface area contributed by atoms with Gasteiger partial charge in [0.15, 0.2) is 0 Å². The lowest BCUT2D eigenvalue weighted by Crippen LogP contribution is -2.37. The Morgan fingerprint density at radius 2 is 2.33 bits per heavy atom. The van der Waals surface area contributed by atoms with Crippen molar-refractivity contribution in [3.63, 3.8) is 0 Å². The summed E-state index contributed by atoms with van der Waals surface area (Å²) < 4.78 is 5.12. The number of carbonyl (C=O) groups excluding carboxylic acids is 1. The third-order valence-corrected chi connectivity index (χ3v) is 2.88. The quantitative estimate of drug-likeness (QED) is 0.813. The van der Waals surface area contributed by atoms with E-state index in [1.165, 1.54) is 13.3 Å². The third-order valence-electron chi connectivity index (χ3n) is 2.71. The largest absolute Gasteiger partial charge is 0.494 e. The molecule has 1 rings (SSSR count). The molecule has 0 aliphatic carbocycles. The lowest BCUT2D eigenvalue weighted by Gasteiger charge is -2.25. The SMILES string of the molecule is COc1cnccc1C(=O)N(C)C(C)CC(N)=S. The normalized spacial score (nSPS) is 11.7. The number of thiocarbonyl (C=S) groups is 1. The summed E-state index contributed by atoms with van der Waals surface area (Å²) in [7, 11) is 3.22. The van der Waals surface area contributed by atoms with Crippen LogP contribution in [0, 0.1) is 0 Å². The Labute approximate surface area is 112 Å². The molecule has 0 fully saturated rings. The number of hydrogen-bond acceptors (Lipinski definition) is 4. The fraction of sp³-hybridized carbons (Fsp3) is 0.417. The number of hydrogen-bond donors (Lipinski definition) is 1. The first kappa shape index (κ1) is 14.4. The zero-order valence-corrected chi connectivity index (χ0v) is 11.5. The monoisotopic (exact) mass is 267 g/mol. The van der Waals surface area contributed by atoms with Crippen LogP contribution >= 0.6 is 12.2 Å². The number of aromatic nitrogens is 1. The summed E-state index contributed by atoms with van der Waals surface area (Å²) in [5.41, 5.74) is 5.96. The third kappa shape index (κ3) is 3.40. The molecule has 1 unspecified atom stereocenters. The summed E-state index contributed by atoms with van der Waals surface area (Å²) >= 11 is 4.85. The zero-order chi connectivity index (χ0) is 13.7. The molecule has 0 saturated heterocycles. The number of nitrogens with zero attached hydrogens (tertiary/aromatic N) is 2. The molecule has 0 aliphatic heterocycles. The smallest absolute Gasteiger partial charge is 0.257 e. The van der Waals surface area contributed by atoms with Crippen LogP contribution in [0.5, 0.6) is 5.75 Å². The van der Waals surface area contributed by atoms with Crippen molar-refractivity contribution in [2.45, 2.75) is 19.4 Å². The van der Waals surface area contributed by atoms with E-state index in [0.717, 1.165) is 0 Å². The lowest BCUT2D eigenvalue weighted by molar-refractivity contribution is 0.0744. The van der Waals surface area contributed by atoms with Gasteiger partial charge in [0.25, 0.3) is 5.91 Å². The van der Waals surface area contributed by atoms with Gasteiger partial charge in [0.1, 0.15) is 5.75 Å².